The zero-order chi connectivity index (χ0) is 24.9. The second-order valence-electron chi connectivity index (χ2n) is 8.03. The maximum absolute atomic E-state index is 13.4. The van der Waals surface area contributed by atoms with Crippen molar-refractivity contribution in [2.75, 3.05) is 24.8 Å². The first-order valence-corrected chi connectivity index (χ1v) is 12.1. The number of ether oxygens (including phenoxy) is 1. The smallest absolute Gasteiger partial charge is 0.278 e. The van der Waals surface area contributed by atoms with E-state index in [9.17, 15) is 14.4 Å². The van der Waals surface area contributed by atoms with Crippen molar-refractivity contribution in [3.05, 3.63) is 76.7 Å². The number of carbonyl (C=O) groups is 2. The van der Waals surface area contributed by atoms with E-state index in [2.05, 4.69) is 5.32 Å². The molecule has 0 aliphatic heterocycles. The molecule has 35 heavy (non-hydrogen) atoms. The first kappa shape index (κ1) is 24.4. The van der Waals surface area contributed by atoms with Crippen molar-refractivity contribution in [3.63, 3.8) is 0 Å². The Morgan fingerprint density at radius 3 is 2.46 bits per heavy atom. The molecule has 1 amide bonds. The van der Waals surface area contributed by atoms with Gasteiger partial charge in [0, 0.05) is 37.2 Å². The summed E-state index contributed by atoms with van der Waals surface area (Å²) in [6.07, 6.45) is 1.90. The summed E-state index contributed by atoms with van der Waals surface area (Å²) in [6.45, 7) is 2.15. The standard InChI is InChI=1S/C26H26N4O4S/c1-17(31)18-9-11-20(12-10-18)27-22(32)16-35-26-28-23-21(19-7-5-4-6-8-19)15-29(2)24(23)25(33)30(26)13-14-34-3/h4-12,15H,13-14,16H2,1-3H3,(H,27,32). The van der Waals surface area contributed by atoms with Crippen molar-refractivity contribution in [2.45, 2.75) is 18.6 Å². The number of ketones is 1. The van der Waals surface area contributed by atoms with Crippen molar-refractivity contribution in [1.29, 1.82) is 0 Å². The fraction of sp³-hybridized carbons (Fsp3) is 0.231. The molecule has 4 aromatic rings. The van der Waals surface area contributed by atoms with Crippen molar-refractivity contribution >= 4 is 40.2 Å². The number of thioether (sulfide) groups is 1. The number of rotatable bonds is 9. The Morgan fingerprint density at radius 2 is 1.80 bits per heavy atom. The molecule has 4 rings (SSSR count). The van der Waals surface area contributed by atoms with Crippen LogP contribution >= 0.6 is 11.8 Å². The zero-order valence-corrected chi connectivity index (χ0v) is 20.6. The van der Waals surface area contributed by atoms with Gasteiger partial charge in [-0.1, -0.05) is 42.1 Å². The number of methoxy groups -OCH3 is 1. The van der Waals surface area contributed by atoms with Gasteiger partial charge >= 0.3 is 0 Å². The summed E-state index contributed by atoms with van der Waals surface area (Å²) in [5, 5.41) is 3.27. The van der Waals surface area contributed by atoms with E-state index in [1.807, 2.05) is 43.6 Å². The Labute approximate surface area is 206 Å². The van der Waals surface area contributed by atoms with Gasteiger partial charge in [-0.3, -0.25) is 19.0 Å². The van der Waals surface area contributed by atoms with Crippen LogP contribution < -0.4 is 10.9 Å². The average Bonchev–Trinajstić information content (AvgIpc) is 3.19. The number of nitrogens with one attached hydrogen (secondary N) is 1. The zero-order valence-electron chi connectivity index (χ0n) is 19.8. The van der Waals surface area contributed by atoms with Crippen LogP contribution in [-0.4, -0.2) is 45.3 Å². The first-order valence-electron chi connectivity index (χ1n) is 11.1. The van der Waals surface area contributed by atoms with Gasteiger partial charge in [-0.2, -0.15) is 0 Å². The van der Waals surface area contributed by atoms with Gasteiger partial charge < -0.3 is 14.6 Å². The maximum Gasteiger partial charge on any atom is 0.278 e. The van der Waals surface area contributed by atoms with E-state index in [1.165, 1.54) is 18.7 Å². The number of aryl methyl sites for hydroxylation is 1. The monoisotopic (exact) mass is 490 g/mol. The Hall–Kier alpha value is -3.69. The van der Waals surface area contributed by atoms with Crippen LogP contribution in [0.1, 0.15) is 17.3 Å². The molecule has 0 aliphatic carbocycles. The van der Waals surface area contributed by atoms with Gasteiger partial charge in [-0.15, -0.1) is 0 Å². The number of amides is 1. The topological polar surface area (TPSA) is 95.2 Å². The fourth-order valence-corrected chi connectivity index (χ4v) is 4.60. The summed E-state index contributed by atoms with van der Waals surface area (Å²) in [6, 6.07) is 16.5. The molecule has 0 radical (unpaired) electrons. The molecular weight excluding hydrogens is 464 g/mol. The number of Topliss-reactive ketones (excluding diaryl/α,β-unsaturated/α-hetero) is 1. The van der Waals surface area contributed by atoms with E-state index in [0.29, 0.717) is 40.6 Å². The molecule has 180 valence electrons. The van der Waals surface area contributed by atoms with Crippen molar-refractivity contribution < 1.29 is 14.3 Å². The van der Waals surface area contributed by atoms with Crippen LogP contribution in [0.2, 0.25) is 0 Å². The highest BCUT2D eigenvalue weighted by Gasteiger charge is 2.19. The number of nitrogens with zero attached hydrogens (tertiary/aromatic N) is 3. The van der Waals surface area contributed by atoms with Crippen LogP contribution in [0.3, 0.4) is 0 Å². The normalized spacial score (nSPS) is 11.1. The Bertz CT molecular complexity index is 1430. The molecule has 2 aromatic heterocycles. The molecular formula is C26H26N4O4S. The number of benzene rings is 2. The van der Waals surface area contributed by atoms with Crippen molar-refractivity contribution in [3.8, 4) is 11.1 Å². The third kappa shape index (κ3) is 5.36. The average molecular weight is 491 g/mol. The van der Waals surface area contributed by atoms with E-state index in [0.717, 1.165) is 11.1 Å². The van der Waals surface area contributed by atoms with Crippen LogP contribution in [0.4, 0.5) is 5.69 Å². The lowest BCUT2D eigenvalue weighted by atomic mass is 10.1. The maximum atomic E-state index is 13.4. The van der Waals surface area contributed by atoms with E-state index in [1.54, 1.807) is 40.5 Å². The lowest BCUT2D eigenvalue weighted by Crippen LogP contribution is -2.27. The van der Waals surface area contributed by atoms with E-state index < -0.39 is 0 Å². The Kier molecular flexibility index (Phi) is 7.48. The highest BCUT2D eigenvalue weighted by molar-refractivity contribution is 7.99. The number of aromatic nitrogens is 3. The fourth-order valence-electron chi connectivity index (χ4n) is 3.78. The van der Waals surface area contributed by atoms with E-state index in [-0.39, 0.29) is 23.0 Å². The minimum atomic E-state index is -0.241. The Morgan fingerprint density at radius 1 is 1.09 bits per heavy atom. The highest BCUT2D eigenvalue weighted by atomic mass is 32.2. The largest absolute Gasteiger partial charge is 0.383 e. The molecule has 0 aliphatic rings. The minimum Gasteiger partial charge on any atom is -0.383 e. The van der Waals surface area contributed by atoms with Crippen LogP contribution in [0.15, 0.2) is 70.7 Å². The quantitative estimate of drug-likeness (QED) is 0.217. The molecule has 1 N–H and O–H groups in total. The SMILES string of the molecule is COCCn1c(SCC(=O)Nc2ccc(C(C)=O)cc2)nc2c(-c3ccccc3)cn(C)c2c1=O. The third-order valence-electron chi connectivity index (χ3n) is 5.55. The Balaban J connectivity index is 1.64. The molecule has 0 unspecified atom stereocenters. The number of carbonyl (C=O) groups excluding carboxylic acids is 2. The van der Waals surface area contributed by atoms with E-state index in [4.69, 9.17) is 9.72 Å². The highest BCUT2D eigenvalue weighted by Crippen LogP contribution is 2.29. The van der Waals surface area contributed by atoms with Gasteiger partial charge in [0.2, 0.25) is 5.91 Å². The third-order valence-corrected chi connectivity index (χ3v) is 6.53. The predicted molar refractivity (Wildman–Crippen MR) is 138 cm³/mol. The van der Waals surface area contributed by atoms with Gasteiger partial charge in [-0.05, 0) is 36.8 Å². The molecule has 0 spiro atoms. The lowest BCUT2D eigenvalue weighted by Gasteiger charge is -2.13. The van der Waals surface area contributed by atoms with Crippen molar-refractivity contribution in [1.82, 2.24) is 14.1 Å². The van der Waals surface area contributed by atoms with Gasteiger partial charge in [0.25, 0.3) is 5.56 Å². The molecule has 0 saturated heterocycles. The summed E-state index contributed by atoms with van der Waals surface area (Å²) in [4.78, 5) is 42.4. The molecule has 0 bridgehead atoms. The van der Waals surface area contributed by atoms with Gasteiger partial charge in [0.15, 0.2) is 10.9 Å². The minimum absolute atomic E-state index is 0.0373. The molecule has 2 heterocycles. The number of anilines is 1. The van der Waals surface area contributed by atoms with Gasteiger partial charge in [-0.25, -0.2) is 4.98 Å². The van der Waals surface area contributed by atoms with Gasteiger partial charge in [0.1, 0.15) is 11.0 Å². The second kappa shape index (κ2) is 10.7. The molecule has 0 atom stereocenters. The molecule has 9 heteroatoms. The summed E-state index contributed by atoms with van der Waals surface area (Å²) < 4.78 is 8.55. The summed E-state index contributed by atoms with van der Waals surface area (Å²) in [5.74, 6) is -0.216. The predicted octanol–water partition coefficient (Wildman–Crippen LogP) is 3.98. The molecule has 0 saturated carbocycles. The summed E-state index contributed by atoms with van der Waals surface area (Å²) >= 11 is 1.20. The number of hydrogen-bond donors (Lipinski definition) is 1. The van der Waals surface area contributed by atoms with Crippen LogP contribution in [0.25, 0.3) is 22.2 Å². The van der Waals surface area contributed by atoms with Crippen LogP contribution in [0.5, 0.6) is 0 Å². The second-order valence-corrected chi connectivity index (χ2v) is 8.97. The van der Waals surface area contributed by atoms with Crippen molar-refractivity contribution in [2.24, 2.45) is 7.05 Å². The van der Waals surface area contributed by atoms with E-state index >= 15 is 0 Å². The lowest BCUT2D eigenvalue weighted by molar-refractivity contribution is -0.113. The van der Waals surface area contributed by atoms with Gasteiger partial charge in [0.05, 0.1) is 18.9 Å². The molecule has 0 fully saturated rings. The van der Waals surface area contributed by atoms with Crippen LogP contribution in [-0.2, 0) is 23.1 Å². The molecule has 8 nitrogen and oxygen atoms in total. The number of hydrogen-bond acceptors (Lipinski definition) is 6. The summed E-state index contributed by atoms with van der Waals surface area (Å²) in [5.41, 5.74) is 3.90. The van der Waals surface area contributed by atoms with Crippen LogP contribution in [0, 0.1) is 0 Å². The molecule has 2 aromatic carbocycles. The number of fused-ring (bicyclic) bond motifs is 1. The summed E-state index contributed by atoms with van der Waals surface area (Å²) in [7, 11) is 3.40. The first-order chi connectivity index (χ1) is 16.9.